The molecule has 0 spiro atoms. The predicted octanol–water partition coefficient (Wildman–Crippen LogP) is 2.81. The van der Waals surface area contributed by atoms with Crippen molar-refractivity contribution in [1.82, 2.24) is 14.9 Å². The number of carbonyl (C=O) groups is 1. The van der Waals surface area contributed by atoms with Crippen molar-refractivity contribution in [2.24, 2.45) is 0 Å². The van der Waals surface area contributed by atoms with Crippen molar-refractivity contribution < 1.29 is 13.2 Å². The zero-order valence-electron chi connectivity index (χ0n) is 15.6. The van der Waals surface area contributed by atoms with Gasteiger partial charge in [0.05, 0.1) is 4.90 Å². The van der Waals surface area contributed by atoms with Crippen molar-refractivity contribution >= 4 is 16.1 Å². The Hall–Kier alpha value is -2.38. The molecule has 1 aliphatic heterocycles. The summed E-state index contributed by atoms with van der Waals surface area (Å²) in [6, 6.07) is 14.2. The third kappa shape index (κ3) is 4.48. The van der Waals surface area contributed by atoms with Crippen LogP contribution in [-0.2, 0) is 23.0 Å². The second-order valence-corrected chi connectivity index (χ2v) is 8.41. The molecule has 2 N–H and O–H groups in total. The van der Waals surface area contributed by atoms with Crippen LogP contribution in [0.25, 0.3) is 0 Å². The fourth-order valence-corrected chi connectivity index (χ4v) is 4.53. The highest BCUT2D eigenvalue weighted by molar-refractivity contribution is 7.89. The highest BCUT2D eigenvalue weighted by Gasteiger charge is 2.24. The maximum absolute atomic E-state index is 12.8. The SMILES string of the molecule is CCNC(=O)N1CCc2cc(S(=O)(=O)N[C@H](C)c3ccccc3)ccc2C1. The monoisotopic (exact) mass is 387 g/mol. The number of fused-ring (bicyclic) bond motifs is 1. The first-order chi connectivity index (χ1) is 12.9. The first-order valence-electron chi connectivity index (χ1n) is 9.12. The highest BCUT2D eigenvalue weighted by atomic mass is 32.2. The molecule has 1 atom stereocenters. The summed E-state index contributed by atoms with van der Waals surface area (Å²) < 4.78 is 28.3. The van der Waals surface area contributed by atoms with Gasteiger partial charge >= 0.3 is 6.03 Å². The molecule has 6 nitrogen and oxygen atoms in total. The van der Waals surface area contributed by atoms with E-state index in [1.807, 2.05) is 50.2 Å². The summed E-state index contributed by atoms with van der Waals surface area (Å²) in [7, 11) is -3.62. The zero-order chi connectivity index (χ0) is 19.4. The Labute approximate surface area is 160 Å². The molecule has 0 fully saturated rings. The number of sulfonamides is 1. The number of hydrogen-bond donors (Lipinski definition) is 2. The summed E-state index contributed by atoms with van der Waals surface area (Å²) in [4.78, 5) is 14.0. The fourth-order valence-electron chi connectivity index (χ4n) is 3.24. The minimum absolute atomic E-state index is 0.0850. The van der Waals surface area contributed by atoms with Crippen molar-refractivity contribution in [3.8, 4) is 0 Å². The van der Waals surface area contributed by atoms with E-state index in [1.165, 1.54) is 0 Å². The summed E-state index contributed by atoms with van der Waals surface area (Å²) in [5, 5.41) is 2.80. The largest absolute Gasteiger partial charge is 0.338 e. The van der Waals surface area contributed by atoms with Crippen molar-refractivity contribution in [2.75, 3.05) is 13.1 Å². The minimum Gasteiger partial charge on any atom is -0.338 e. The van der Waals surface area contributed by atoms with Crippen molar-refractivity contribution in [3.05, 3.63) is 65.2 Å². The Morgan fingerprint density at radius 3 is 2.59 bits per heavy atom. The Kier molecular flexibility index (Phi) is 5.82. The number of rotatable bonds is 5. The Morgan fingerprint density at radius 1 is 1.15 bits per heavy atom. The molecular formula is C20H25N3O3S. The molecule has 0 saturated heterocycles. The summed E-state index contributed by atoms with van der Waals surface area (Å²) in [5.41, 5.74) is 2.88. The first kappa shape index (κ1) is 19.4. The molecular weight excluding hydrogens is 362 g/mol. The molecule has 0 aliphatic carbocycles. The molecule has 1 aliphatic rings. The number of nitrogens with zero attached hydrogens (tertiary/aromatic N) is 1. The van der Waals surface area contributed by atoms with Gasteiger partial charge in [0.2, 0.25) is 10.0 Å². The van der Waals surface area contributed by atoms with Crippen LogP contribution in [0.15, 0.2) is 53.4 Å². The van der Waals surface area contributed by atoms with E-state index in [4.69, 9.17) is 0 Å². The number of urea groups is 1. The highest BCUT2D eigenvalue weighted by Crippen LogP contribution is 2.24. The lowest BCUT2D eigenvalue weighted by atomic mass is 10.0. The number of nitrogens with one attached hydrogen (secondary N) is 2. The standard InChI is InChI=1S/C20H25N3O3S/c1-3-21-20(24)23-12-11-17-13-19(10-9-18(17)14-23)27(25,26)22-15(2)16-7-5-4-6-8-16/h4-10,13,15,22H,3,11-12,14H2,1-2H3,(H,21,24)/t15-/m1/s1. The van der Waals surface area contributed by atoms with E-state index in [0.717, 1.165) is 16.7 Å². The van der Waals surface area contributed by atoms with E-state index >= 15 is 0 Å². The summed E-state index contributed by atoms with van der Waals surface area (Å²) in [6.07, 6.45) is 0.643. The minimum atomic E-state index is -3.62. The molecule has 27 heavy (non-hydrogen) atoms. The van der Waals surface area contributed by atoms with Crippen LogP contribution in [0.5, 0.6) is 0 Å². The lowest BCUT2D eigenvalue weighted by molar-refractivity contribution is 0.193. The van der Waals surface area contributed by atoms with Crippen molar-refractivity contribution in [3.63, 3.8) is 0 Å². The number of amides is 2. The van der Waals surface area contributed by atoms with E-state index in [9.17, 15) is 13.2 Å². The summed E-state index contributed by atoms with van der Waals surface area (Å²) in [6.45, 7) is 5.38. The van der Waals surface area contributed by atoms with Gasteiger partial charge in [0, 0.05) is 25.7 Å². The van der Waals surface area contributed by atoms with Crippen molar-refractivity contribution in [1.29, 1.82) is 0 Å². The van der Waals surface area contributed by atoms with E-state index in [2.05, 4.69) is 10.0 Å². The van der Waals surface area contributed by atoms with E-state index in [0.29, 0.717) is 26.1 Å². The average molecular weight is 388 g/mol. The Morgan fingerprint density at radius 2 is 1.89 bits per heavy atom. The van der Waals surface area contributed by atoms with E-state index < -0.39 is 10.0 Å². The van der Waals surface area contributed by atoms with Crippen LogP contribution in [0, 0.1) is 0 Å². The van der Waals surface area contributed by atoms with Gasteiger partial charge in [0.25, 0.3) is 0 Å². The molecule has 1 heterocycles. The third-order valence-electron chi connectivity index (χ3n) is 4.75. The van der Waals surface area contributed by atoms with Gasteiger partial charge in [-0.3, -0.25) is 0 Å². The number of carbonyl (C=O) groups excluding carboxylic acids is 1. The van der Waals surface area contributed by atoms with Gasteiger partial charge in [-0.15, -0.1) is 0 Å². The summed E-state index contributed by atoms with van der Waals surface area (Å²) >= 11 is 0. The topological polar surface area (TPSA) is 78.5 Å². The molecule has 0 aromatic heterocycles. The van der Waals surface area contributed by atoms with Crippen LogP contribution < -0.4 is 10.0 Å². The number of benzene rings is 2. The molecule has 2 aromatic carbocycles. The molecule has 0 radical (unpaired) electrons. The molecule has 0 unspecified atom stereocenters. The number of hydrogen-bond acceptors (Lipinski definition) is 3. The molecule has 7 heteroatoms. The van der Waals surface area contributed by atoms with Gasteiger partial charge in [0.15, 0.2) is 0 Å². The maximum atomic E-state index is 12.8. The lowest BCUT2D eigenvalue weighted by Gasteiger charge is -2.29. The van der Waals surface area contributed by atoms with Crippen LogP contribution in [0.2, 0.25) is 0 Å². The molecule has 3 rings (SSSR count). The quantitative estimate of drug-likeness (QED) is 0.828. The first-order valence-corrected chi connectivity index (χ1v) is 10.6. The normalized spacial score (nSPS) is 15.1. The second-order valence-electron chi connectivity index (χ2n) is 6.69. The molecule has 2 amide bonds. The smallest absolute Gasteiger partial charge is 0.317 e. The van der Waals surface area contributed by atoms with Gasteiger partial charge in [0.1, 0.15) is 0 Å². The molecule has 0 saturated carbocycles. The van der Waals surface area contributed by atoms with Gasteiger partial charge in [-0.1, -0.05) is 36.4 Å². The molecule has 2 aromatic rings. The summed E-state index contributed by atoms with van der Waals surface area (Å²) in [5.74, 6) is 0. The van der Waals surface area contributed by atoms with Crippen LogP contribution in [0.1, 0.15) is 36.6 Å². The average Bonchev–Trinajstić information content (AvgIpc) is 2.67. The second kappa shape index (κ2) is 8.10. The molecule has 144 valence electrons. The van der Waals surface area contributed by atoms with Crippen LogP contribution >= 0.6 is 0 Å². The third-order valence-corrected chi connectivity index (χ3v) is 6.29. The van der Waals surface area contributed by atoms with Gasteiger partial charge in [-0.25, -0.2) is 17.9 Å². The van der Waals surface area contributed by atoms with E-state index in [1.54, 1.807) is 17.0 Å². The van der Waals surface area contributed by atoms with Gasteiger partial charge in [-0.05, 0) is 49.1 Å². The zero-order valence-corrected chi connectivity index (χ0v) is 16.4. The van der Waals surface area contributed by atoms with Crippen LogP contribution in [0.3, 0.4) is 0 Å². The lowest BCUT2D eigenvalue weighted by Crippen LogP contribution is -2.42. The van der Waals surface area contributed by atoms with Crippen LogP contribution in [-0.4, -0.2) is 32.4 Å². The van der Waals surface area contributed by atoms with Gasteiger partial charge in [-0.2, -0.15) is 0 Å². The maximum Gasteiger partial charge on any atom is 0.317 e. The Balaban J connectivity index is 1.76. The van der Waals surface area contributed by atoms with Crippen LogP contribution in [0.4, 0.5) is 4.79 Å². The van der Waals surface area contributed by atoms with Gasteiger partial charge < -0.3 is 10.2 Å². The predicted molar refractivity (Wildman–Crippen MR) is 105 cm³/mol. The Bertz CT molecular complexity index is 913. The molecule has 0 bridgehead atoms. The van der Waals surface area contributed by atoms with Crippen molar-refractivity contribution in [2.45, 2.75) is 37.8 Å². The van der Waals surface area contributed by atoms with E-state index in [-0.39, 0.29) is 17.0 Å². The fraction of sp³-hybridized carbons (Fsp3) is 0.350.